The molecule has 106 valence electrons. The molecule has 19 heavy (non-hydrogen) atoms. The molecule has 3 atom stereocenters. The van der Waals surface area contributed by atoms with E-state index in [1.54, 1.807) is 5.56 Å². The molecule has 2 rings (SSSR count). The number of rotatable bonds is 5. The minimum absolute atomic E-state index is 0.809. The van der Waals surface area contributed by atoms with Crippen LogP contribution >= 0.6 is 0 Å². The molecule has 0 spiro atoms. The minimum atomic E-state index is 0.809. The molecule has 0 radical (unpaired) electrons. The molecule has 0 amide bonds. The fourth-order valence-corrected chi connectivity index (χ4v) is 3.89. The Hall–Kier alpha value is -0.780. The van der Waals surface area contributed by atoms with E-state index in [4.69, 9.17) is 0 Å². The summed E-state index contributed by atoms with van der Waals surface area (Å²) in [5.74, 6) is 2.67. The molecule has 3 unspecified atom stereocenters. The van der Waals surface area contributed by atoms with E-state index in [9.17, 15) is 0 Å². The quantitative estimate of drug-likeness (QED) is 0.611. The minimum Gasteiger partial charge on any atom is -0.0654 e. The van der Waals surface area contributed by atoms with Gasteiger partial charge in [-0.2, -0.15) is 0 Å². The summed E-state index contributed by atoms with van der Waals surface area (Å²) in [5, 5.41) is 0. The molecule has 1 aromatic carbocycles. The van der Waals surface area contributed by atoms with Crippen LogP contribution in [0.1, 0.15) is 76.3 Å². The van der Waals surface area contributed by atoms with Crippen molar-refractivity contribution in [2.75, 3.05) is 0 Å². The van der Waals surface area contributed by atoms with E-state index in [1.807, 2.05) is 0 Å². The first-order valence-electron chi connectivity index (χ1n) is 8.33. The molecule has 1 aromatic rings. The zero-order chi connectivity index (χ0) is 13.7. The average Bonchev–Trinajstić information content (AvgIpc) is 2.41. The van der Waals surface area contributed by atoms with Crippen molar-refractivity contribution in [1.82, 2.24) is 0 Å². The highest BCUT2D eigenvalue weighted by Gasteiger charge is 2.27. The Morgan fingerprint density at radius 3 is 2.32 bits per heavy atom. The Bertz CT molecular complexity index is 362. The van der Waals surface area contributed by atoms with E-state index < -0.39 is 0 Å². The molecule has 1 saturated carbocycles. The van der Waals surface area contributed by atoms with Crippen molar-refractivity contribution in [3.05, 3.63) is 35.4 Å². The van der Waals surface area contributed by atoms with E-state index in [2.05, 4.69) is 45.0 Å². The van der Waals surface area contributed by atoms with Crippen LogP contribution in [0.3, 0.4) is 0 Å². The lowest BCUT2D eigenvalue weighted by atomic mass is 9.71. The lowest BCUT2D eigenvalue weighted by Crippen LogP contribution is -2.21. The third-order valence-corrected chi connectivity index (χ3v) is 4.92. The maximum absolute atomic E-state index is 2.46. The summed E-state index contributed by atoms with van der Waals surface area (Å²) in [6.45, 7) is 7.04. The Balaban J connectivity index is 1.98. The Labute approximate surface area is 119 Å². The normalized spacial score (nSPS) is 27.4. The smallest absolute Gasteiger partial charge is 0.0136 e. The van der Waals surface area contributed by atoms with Crippen molar-refractivity contribution >= 4 is 0 Å². The second-order valence-electron chi connectivity index (χ2n) is 6.54. The van der Waals surface area contributed by atoms with Gasteiger partial charge in [0.1, 0.15) is 0 Å². The highest BCUT2D eigenvalue weighted by atomic mass is 14.3. The van der Waals surface area contributed by atoms with Crippen molar-refractivity contribution in [1.29, 1.82) is 0 Å². The zero-order valence-electron chi connectivity index (χ0n) is 13.0. The molecule has 0 heteroatoms. The van der Waals surface area contributed by atoms with E-state index in [0.29, 0.717) is 0 Å². The molecular weight excluding hydrogens is 228 g/mol. The monoisotopic (exact) mass is 258 g/mol. The van der Waals surface area contributed by atoms with Gasteiger partial charge in [-0.3, -0.25) is 0 Å². The number of hydrogen-bond donors (Lipinski definition) is 0. The third-order valence-electron chi connectivity index (χ3n) is 4.92. The molecular formula is C19H30. The molecule has 0 heterocycles. The highest BCUT2D eigenvalue weighted by molar-refractivity contribution is 5.26. The van der Waals surface area contributed by atoms with Crippen molar-refractivity contribution in [2.24, 2.45) is 11.8 Å². The van der Waals surface area contributed by atoms with Gasteiger partial charge < -0.3 is 0 Å². The van der Waals surface area contributed by atoms with Crippen LogP contribution in [0.25, 0.3) is 0 Å². The van der Waals surface area contributed by atoms with E-state index in [0.717, 1.165) is 17.8 Å². The fourth-order valence-electron chi connectivity index (χ4n) is 3.89. The predicted molar refractivity (Wildman–Crippen MR) is 84.6 cm³/mol. The van der Waals surface area contributed by atoms with Crippen LogP contribution in [-0.2, 0) is 6.42 Å². The van der Waals surface area contributed by atoms with E-state index >= 15 is 0 Å². The summed E-state index contributed by atoms with van der Waals surface area (Å²) in [5.41, 5.74) is 3.08. The Morgan fingerprint density at radius 2 is 1.74 bits per heavy atom. The molecule has 0 aliphatic heterocycles. The largest absolute Gasteiger partial charge is 0.0654 e. The molecule has 1 aliphatic rings. The van der Waals surface area contributed by atoms with Crippen molar-refractivity contribution in [3.8, 4) is 0 Å². The topological polar surface area (TPSA) is 0 Å². The van der Waals surface area contributed by atoms with Gasteiger partial charge >= 0.3 is 0 Å². The first-order valence-corrected chi connectivity index (χ1v) is 8.33. The molecule has 0 nitrogen and oxygen atoms in total. The van der Waals surface area contributed by atoms with Gasteiger partial charge in [-0.05, 0) is 54.6 Å². The summed E-state index contributed by atoms with van der Waals surface area (Å²) < 4.78 is 0. The number of hydrogen-bond acceptors (Lipinski definition) is 0. The second kappa shape index (κ2) is 7.12. The van der Waals surface area contributed by atoms with Crippen molar-refractivity contribution in [2.45, 2.75) is 71.6 Å². The van der Waals surface area contributed by atoms with E-state index in [-0.39, 0.29) is 0 Å². The first kappa shape index (κ1) is 14.6. The SMILES string of the molecule is CCCc1ccc(C2CCC(CCC)CC2C)cc1. The molecule has 0 bridgehead atoms. The standard InChI is InChI=1S/C19H30/c1-4-6-16-8-11-18(12-9-16)19-13-10-17(7-5-2)14-15(19)3/h8-9,11-12,15,17,19H,4-7,10,13-14H2,1-3H3. The maximum Gasteiger partial charge on any atom is -0.0136 e. The summed E-state index contributed by atoms with van der Waals surface area (Å²) >= 11 is 0. The fraction of sp³-hybridized carbons (Fsp3) is 0.684. The summed E-state index contributed by atoms with van der Waals surface area (Å²) in [6.07, 6.45) is 9.55. The van der Waals surface area contributed by atoms with Gasteiger partial charge in [0.25, 0.3) is 0 Å². The molecule has 0 N–H and O–H groups in total. The van der Waals surface area contributed by atoms with Crippen molar-refractivity contribution < 1.29 is 0 Å². The molecule has 0 aromatic heterocycles. The lowest BCUT2D eigenvalue weighted by Gasteiger charge is -2.34. The number of benzene rings is 1. The van der Waals surface area contributed by atoms with Gasteiger partial charge in [0.2, 0.25) is 0 Å². The summed E-state index contributed by atoms with van der Waals surface area (Å²) in [6, 6.07) is 9.49. The Kier molecular flexibility index (Phi) is 5.48. The third kappa shape index (κ3) is 3.84. The number of aryl methyl sites for hydroxylation is 1. The molecule has 1 aliphatic carbocycles. The average molecular weight is 258 g/mol. The lowest BCUT2D eigenvalue weighted by molar-refractivity contribution is 0.235. The van der Waals surface area contributed by atoms with Crippen LogP contribution in [0.4, 0.5) is 0 Å². The molecule has 1 fully saturated rings. The van der Waals surface area contributed by atoms with Crippen LogP contribution in [0, 0.1) is 11.8 Å². The Morgan fingerprint density at radius 1 is 1.00 bits per heavy atom. The second-order valence-corrected chi connectivity index (χ2v) is 6.54. The highest BCUT2D eigenvalue weighted by Crippen LogP contribution is 2.41. The van der Waals surface area contributed by atoms with Gasteiger partial charge in [0, 0.05) is 0 Å². The van der Waals surface area contributed by atoms with Crippen LogP contribution in [0.2, 0.25) is 0 Å². The van der Waals surface area contributed by atoms with Gasteiger partial charge in [0.05, 0.1) is 0 Å². The van der Waals surface area contributed by atoms with Crippen LogP contribution in [-0.4, -0.2) is 0 Å². The van der Waals surface area contributed by atoms with Crippen molar-refractivity contribution in [3.63, 3.8) is 0 Å². The van der Waals surface area contributed by atoms with Crippen LogP contribution < -0.4 is 0 Å². The maximum atomic E-state index is 2.46. The van der Waals surface area contributed by atoms with Gasteiger partial charge in [-0.1, -0.05) is 64.3 Å². The van der Waals surface area contributed by atoms with Gasteiger partial charge in [0.15, 0.2) is 0 Å². The van der Waals surface area contributed by atoms with Gasteiger partial charge in [-0.15, -0.1) is 0 Å². The van der Waals surface area contributed by atoms with Crippen LogP contribution in [0.15, 0.2) is 24.3 Å². The summed E-state index contributed by atoms with van der Waals surface area (Å²) in [4.78, 5) is 0. The van der Waals surface area contributed by atoms with Crippen LogP contribution in [0.5, 0.6) is 0 Å². The zero-order valence-corrected chi connectivity index (χ0v) is 13.0. The summed E-state index contributed by atoms with van der Waals surface area (Å²) in [7, 11) is 0. The predicted octanol–water partition coefficient (Wildman–Crippen LogP) is 5.96. The molecule has 0 saturated heterocycles. The van der Waals surface area contributed by atoms with Gasteiger partial charge in [-0.25, -0.2) is 0 Å². The van der Waals surface area contributed by atoms with E-state index in [1.165, 1.54) is 50.5 Å². The first-order chi connectivity index (χ1) is 9.24.